The van der Waals surface area contributed by atoms with Crippen molar-refractivity contribution in [2.75, 3.05) is 31.6 Å². The van der Waals surface area contributed by atoms with Crippen LogP contribution < -0.4 is 10.4 Å². The Hall–Kier alpha value is -1.74. The van der Waals surface area contributed by atoms with Gasteiger partial charge in [0.1, 0.15) is 11.2 Å². The van der Waals surface area contributed by atoms with E-state index in [1.54, 1.807) is 0 Å². The maximum absolute atomic E-state index is 12.9. The lowest BCUT2D eigenvalue weighted by molar-refractivity contribution is -0.269. The van der Waals surface area contributed by atoms with Crippen molar-refractivity contribution in [3.8, 4) is 0 Å². The summed E-state index contributed by atoms with van der Waals surface area (Å²) >= 11 is 5.61. The van der Waals surface area contributed by atoms with Crippen LogP contribution in [0, 0.1) is 0 Å². The van der Waals surface area contributed by atoms with E-state index in [0.717, 1.165) is 11.0 Å². The highest BCUT2D eigenvalue weighted by Crippen LogP contribution is 2.35. The summed E-state index contributed by atoms with van der Waals surface area (Å²) in [6.45, 7) is 0.347. The Balaban J connectivity index is 2.05. The Morgan fingerprint density at radius 2 is 2.32 bits per heavy atom. The largest absolute Gasteiger partial charge is 0.530 e. The Morgan fingerprint density at radius 3 is 2.95 bits per heavy atom. The minimum Gasteiger partial charge on any atom is -0.530 e. The molecule has 0 radical (unpaired) electrons. The van der Waals surface area contributed by atoms with Crippen molar-refractivity contribution in [2.24, 2.45) is 0 Å². The van der Waals surface area contributed by atoms with Gasteiger partial charge in [-0.1, -0.05) is 11.6 Å². The smallest absolute Gasteiger partial charge is 0.419 e. The van der Waals surface area contributed by atoms with Gasteiger partial charge in [0, 0.05) is 25.8 Å². The van der Waals surface area contributed by atoms with E-state index >= 15 is 0 Å². The first-order valence-corrected chi connectivity index (χ1v) is 6.69. The molecule has 2 heterocycles. The molecule has 1 aromatic heterocycles. The third-order valence-electron chi connectivity index (χ3n) is 3.09. The second-order valence-electron chi connectivity index (χ2n) is 4.64. The van der Waals surface area contributed by atoms with Crippen molar-refractivity contribution in [1.29, 1.82) is 0 Å². The van der Waals surface area contributed by atoms with Crippen molar-refractivity contribution in [3.63, 3.8) is 0 Å². The molecule has 1 N–H and O–H groups in total. The van der Waals surface area contributed by atoms with E-state index in [-0.39, 0.29) is 37.1 Å². The monoisotopic (exact) mass is 338 g/mol. The lowest BCUT2D eigenvalue weighted by Crippen LogP contribution is -2.52. The molecule has 1 aliphatic rings. The Bertz CT molecular complexity index is 556. The first kappa shape index (κ1) is 16.6. The molecule has 1 fully saturated rings. The number of hydrogen-bond donors (Lipinski definition) is 1. The molecule has 0 bridgehead atoms. The van der Waals surface area contributed by atoms with Crippen LogP contribution in [-0.4, -0.2) is 48.3 Å². The summed E-state index contributed by atoms with van der Waals surface area (Å²) in [5.41, 5.74) is -1.19. The van der Waals surface area contributed by atoms with Gasteiger partial charge in [0.15, 0.2) is 0 Å². The highest BCUT2D eigenvalue weighted by Gasteiger charge is 2.34. The van der Waals surface area contributed by atoms with Crippen molar-refractivity contribution in [3.05, 3.63) is 23.0 Å². The zero-order valence-corrected chi connectivity index (χ0v) is 11.9. The van der Waals surface area contributed by atoms with E-state index in [1.807, 2.05) is 0 Å². The van der Waals surface area contributed by atoms with Gasteiger partial charge in [-0.25, -0.2) is 4.98 Å². The fraction of sp³-hybridized carbons (Fsp3) is 0.500. The Morgan fingerprint density at radius 1 is 1.59 bits per heavy atom. The predicted octanol–water partition coefficient (Wildman–Crippen LogP) is 1.21. The minimum atomic E-state index is -4.58. The number of carbonyl (C=O) groups is 1. The molecule has 1 atom stereocenters. The standard InChI is InChI=1S/C12H13ClF3N3O3/c13-10-3-9(8(5-18-10)12(14,15)16)17-4-7-6-19(11(20)21)1-2-22-7/h3,5,7H,1-2,4,6H2,(H,17,18)(H,20,21)/p-1. The van der Waals surface area contributed by atoms with Crippen LogP contribution in [-0.2, 0) is 10.9 Å². The molecular formula is C12H12ClF3N3O3-. The zero-order valence-electron chi connectivity index (χ0n) is 11.2. The number of nitrogens with one attached hydrogen (secondary N) is 1. The second kappa shape index (κ2) is 6.57. The summed E-state index contributed by atoms with van der Waals surface area (Å²) in [7, 11) is 0. The zero-order chi connectivity index (χ0) is 16.3. The minimum absolute atomic E-state index is 0.00674. The summed E-state index contributed by atoms with van der Waals surface area (Å²) in [6.07, 6.45) is -5.86. The second-order valence-corrected chi connectivity index (χ2v) is 5.02. The number of pyridine rings is 1. The fourth-order valence-corrected chi connectivity index (χ4v) is 2.19. The van der Waals surface area contributed by atoms with Crippen molar-refractivity contribution >= 4 is 23.4 Å². The number of alkyl halides is 3. The van der Waals surface area contributed by atoms with Crippen LogP contribution in [0.25, 0.3) is 0 Å². The number of morpholine rings is 1. The van der Waals surface area contributed by atoms with E-state index in [2.05, 4.69) is 10.3 Å². The van der Waals surface area contributed by atoms with Crippen LogP contribution in [0.15, 0.2) is 12.3 Å². The quantitative estimate of drug-likeness (QED) is 0.838. The normalized spacial score (nSPS) is 19.1. The number of hydrogen-bond acceptors (Lipinski definition) is 5. The molecule has 10 heteroatoms. The number of anilines is 1. The van der Waals surface area contributed by atoms with Gasteiger partial charge in [0.2, 0.25) is 0 Å². The predicted molar refractivity (Wildman–Crippen MR) is 69.4 cm³/mol. The maximum Gasteiger partial charge on any atom is 0.419 e. The summed E-state index contributed by atoms with van der Waals surface area (Å²) in [6, 6.07) is 1.06. The van der Waals surface area contributed by atoms with Gasteiger partial charge in [-0.15, -0.1) is 0 Å². The van der Waals surface area contributed by atoms with Crippen LogP contribution in [0.1, 0.15) is 5.56 Å². The topological polar surface area (TPSA) is 77.5 Å². The molecule has 6 nitrogen and oxygen atoms in total. The molecule has 1 aliphatic heterocycles. The van der Waals surface area contributed by atoms with Crippen molar-refractivity contribution in [1.82, 2.24) is 9.88 Å². The number of ether oxygens (including phenoxy) is 1. The van der Waals surface area contributed by atoms with E-state index < -0.39 is 23.9 Å². The number of amides is 1. The Kier molecular flexibility index (Phi) is 4.97. The van der Waals surface area contributed by atoms with Crippen LogP contribution >= 0.6 is 11.6 Å². The molecule has 1 aromatic rings. The van der Waals surface area contributed by atoms with E-state index in [0.29, 0.717) is 6.20 Å². The van der Waals surface area contributed by atoms with Gasteiger partial charge in [-0.2, -0.15) is 13.2 Å². The first-order chi connectivity index (χ1) is 10.3. The summed E-state index contributed by atoms with van der Waals surface area (Å²) in [5.74, 6) is 0. The van der Waals surface area contributed by atoms with Gasteiger partial charge in [0.05, 0.1) is 24.0 Å². The number of rotatable bonds is 3. The van der Waals surface area contributed by atoms with Gasteiger partial charge < -0.3 is 24.9 Å². The third kappa shape index (κ3) is 4.14. The number of carboxylic acid groups (broad SMARTS) is 1. The van der Waals surface area contributed by atoms with Crippen LogP contribution in [0.2, 0.25) is 5.15 Å². The lowest BCUT2D eigenvalue weighted by Gasteiger charge is -2.34. The maximum atomic E-state index is 12.9. The van der Waals surface area contributed by atoms with E-state index in [9.17, 15) is 23.1 Å². The third-order valence-corrected chi connectivity index (χ3v) is 3.30. The van der Waals surface area contributed by atoms with Gasteiger partial charge in [-0.05, 0) is 6.07 Å². The van der Waals surface area contributed by atoms with Crippen LogP contribution in [0.5, 0.6) is 0 Å². The lowest BCUT2D eigenvalue weighted by atomic mass is 10.2. The summed E-state index contributed by atoms with van der Waals surface area (Å²) < 4.78 is 43.9. The molecule has 1 saturated heterocycles. The molecule has 0 spiro atoms. The average molecular weight is 339 g/mol. The van der Waals surface area contributed by atoms with Crippen LogP contribution in [0.4, 0.5) is 23.7 Å². The number of carbonyl (C=O) groups excluding carboxylic acids is 1. The molecule has 0 aliphatic carbocycles. The average Bonchev–Trinajstić information content (AvgIpc) is 2.44. The summed E-state index contributed by atoms with van der Waals surface area (Å²) in [5, 5.41) is 13.3. The molecule has 22 heavy (non-hydrogen) atoms. The first-order valence-electron chi connectivity index (χ1n) is 6.31. The van der Waals surface area contributed by atoms with E-state index in [4.69, 9.17) is 16.3 Å². The molecule has 122 valence electrons. The molecule has 1 amide bonds. The highest BCUT2D eigenvalue weighted by atomic mass is 35.5. The number of aromatic nitrogens is 1. The fourth-order valence-electron chi connectivity index (χ4n) is 2.03. The van der Waals surface area contributed by atoms with Gasteiger partial charge in [-0.3, -0.25) is 0 Å². The molecular weight excluding hydrogens is 327 g/mol. The number of halogens is 4. The number of nitrogens with zero attached hydrogens (tertiary/aromatic N) is 2. The van der Waals surface area contributed by atoms with Gasteiger partial charge >= 0.3 is 6.18 Å². The molecule has 0 saturated carbocycles. The molecule has 1 unspecified atom stereocenters. The molecule has 2 rings (SSSR count). The van der Waals surface area contributed by atoms with Gasteiger partial charge in [0.25, 0.3) is 0 Å². The van der Waals surface area contributed by atoms with Crippen LogP contribution in [0.3, 0.4) is 0 Å². The SMILES string of the molecule is O=C([O-])N1CCOC(CNc2cc(Cl)ncc2C(F)(F)F)C1. The van der Waals surface area contributed by atoms with Crippen molar-refractivity contribution in [2.45, 2.75) is 12.3 Å². The van der Waals surface area contributed by atoms with Crippen molar-refractivity contribution < 1.29 is 27.8 Å². The highest BCUT2D eigenvalue weighted by molar-refractivity contribution is 6.29. The Labute approximate surface area is 128 Å². The summed E-state index contributed by atoms with van der Waals surface area (Å²) in [4.78, 5) is 15.2. The molecule has 0 aromatic carbocycles. The van der Waals surface area contributed by atoms with E-state index in [1.165, 1.54) is 0 Å².